The summed E-state index contributed by atoms with van der Waals surface area (Å²) in [5.41, 5.74) is 7.76. The van der Waals surface area contributed by atoms with Crippen LogP contribution in [0.1, 0.15) is 52.0 Å². The topological polar surface area (TPSA) is 56.7 Å². The number of halogens is 1. The highest BCUT2D eigenvalue weighted by molar-refractivity contribution is 9.10. The number of rotatable bonds is 6. The average molecular weight is 325 g/mol. The number of imidazole rings is 1. The molecule has 1 unspecified atom stereocenters. The minimum atomic E-state index is 0.343. The molecule has 2 rings (SSSR count). The predicted octanol–water partition coefficient (Wildman–Crippen LogP) is 4.31. The molecule has 5 heteroatoms. The van der Waals surface area contributed by atoms with Crippen molar-refractivity contribution in [2.75, 3.05) is 5.73 Å². The standard InChI is InChI=1S/C14H21BrN4/c1-3-4-5-6-7-10(2)19-13-12(18-14(19)16)8-11(15)9-17-13/h8-10H,3-7H2,1-2H3,(H2,16,18). The molecule has 0 aromatic carbocycles. The fourth-order valence-corrected chi connectivity index (χ4v) is 2.72. The van der Waals surface area contributed by atoms with Gasteiger partial charge < -0.3 is 5.73 Å². The van der Waals surface area contributed by atoms with Crippen LogP contribution in [-0.2, 0) is 0 Å². The SMILES string of the molecule is CCCCCCC(C)n1c(N)nc2cc(Br)cnc21. The molecule has 19 heavy (non-hydrogen) atoms. The summed E-state index contributed by atoms with van der Waals surface area (Å²) in [6, 6.07) is 2.30. The first-order chi connectivity index (χ1) is 9.13. The van der Waals surface area contributed by atoms with Crippen LogP contribution in [0.5, 0.6) is 0 Å². The van der Waals surface area contributed by atoms with E-state index in [0.29, 0.717) is 12.0 Å². The van der Waals surface area contributed by atoms with Gasteiger partial charge in [0.25, 0.3) is 0 Å². The molecule has 0 bridgehead atoms. The smallest absolute Gasteiger partial charge is 0.202 e. The van der Waals surface area contributed by atoms with Crippen molar-refractivity contribution in [1.82, 2.24) is 14.5 Å². The van der Waals surface area contributed by atoms with Crippen LogP contribution in [-0.4, -0.2) is 14.5 Å². The normalized spacial score (nSPS) is 13.0. The quantitative estimate of drug-likeness (QED) is 0.805. The van der Waals surface area contributed by atoms with Crippen LogP contribution in [0.15, 0.2) is 16.7 Å². The minimum Gasteiger partial charge on any atom is -0.369 e. The molecule has 0 aliphatic rings. The van der Waals surface area contributed by atoms with Crippen molar-refractivity contribution in [3.05, 3.63) is 16.7 Å². The summed E-state index contributed by atoms with van der Waals surface area (Å²) in [5, 5.41) is 0. The van der Waals surface area contributed by atoms with E-state index >= 15 is 0 Å². The number of nitrogens with zero attached hydrogens (tertiary/aromatic N) is 3. The molecule has 0 saturated carbocycles. The summed E-state index contributed by atoms with van der Waals surface area (Å²) >= 11 is 3.41. The van der Waals surface area contributed by atoms with Crippen LogP contribution in [0.2, 0.25) is 0 Å². The number of unbranched alkanes of at least 4 members (excludes halogenated alkanes) is 3. The lowest BCUT2D eigenvalue weighted by atomic mass is 10.1. The highest BCUT2D eigenvalue weighted by atomic mass is 79.9. The zero-order valence-electron chi connectivity index (χ0n) is 11.6. The molecule has 0 fully saturated rings. The molecule has 104 valence electrons. The lowest BCUT2D eigenvalue weighted by Gasteiger charge is -2.15. The first-order valence-electron chi connectivity index (χ1n) is 6.92. The lowest BCUT2D eigenvalue weighted by Crippen LogP contribution is -2.09. The van der Waals surface area contributed by atoms with Crippen molar-refractivity contribution in [2.24, 2.45) is 0 Å². The number of hydrogen-bond donors (Lipinski definition) is 1. The largest absolute Gasteiger partial charge is 0.369 e. The van der Waals surface area contributed by atoms with Gasteiger partial charge in [-0.3, -0.25) is 4.57 Å². The van der Waals surface area contributed by atoms with E-state index in [1.807, 2.05) is 10.6 Å². The monoisotopic (exact) mass is 324 g/mol. The van der Waals surface area contributed by atoms with Crippen LogP contribution in [0.25, 0.3) is 11.2 Å². The van der Waals surface area contributed by atoms with Gasteiger partial charge in [-0.25, -0.2) is 9.97 Å². The first-order valence-corrected chi connectivity index (χ1v) is 7.71. The third-order valence-electron chi connectivity index (χ3n) is 3.44. The van der Waals surface area contributed by atoms with Crippen molar-refractivity contribution in [3.63, 3.8) is 0 Å². The molecule has 1 atom stereocenters. The summed E-state index contributed by atoms with van der Waals surface area (Å²) in [5.74, 6) is 0.559. The Balaban J connectivity index is 2.16. The number of anilines is 1. The van der Waals surface area contributed by atoms with Gasteiger partial charge in [0.15, 0.2) is 5.65 Å². The number of aromatic nitrogens is 3. The Labute approximate surface area is 122 Å². The van der Waals surface area contributed by atoms with Gasteiger partial charge in [0.05, 0.1) is 0 Å². The van der Waals surface area contributed by atoms with Crippen molar-refractivity contribution >= 4 is 33.0 Å². The first kappa shape index (κ1) is 14.3. The molecule has 2 heterocycles. The van der Waals surface area contributed by atoms with E-state index in [1.54, 1.807) is 6.20 Å². The Bertz CT molecular complexity index is 550. The van der Waals surface area contributed by atoms with E-state index in [1.165, 1.54) is 25.7 Å². The van der Waals surface area contributed by atoms with Crippen LogP contribution in [0.4, 0.5) is 5.95 Å². The Morgan fingerprint density at radius 2 is 2.16 bits per heavy atom. The molecule has 0 aliphatic heterocycles. The molecular formula is C14H21BrN4. The third-order valence-corrected chi connectivity index (χ3v) is 3.87. The maximum atomic E-state index is 6.03. The molecule has 0 aliphatic carbocycles. The summed E-state index contributed by atoms with van der Waals surface area (Å²) in [6.07, 6.45) is 7.99. The molecular weight excluding hydrogens is 304 g/mol. The van der Waals surface area contributed by atoms with E-state index in [0.717, 1.165) is 22.1 Å². The van der Waals surface area contributed by atoms with E-state index < -0.39 is 0 Å². The molecule has 0 radical (unpaired) electrons. The summed E-state index contributed by atoms with van der Waals surface area (Å²) in [6.45, 7) is 4.42. The Hall–Kier alpha value is -1.10. The van der Waals surface area contributed by atoms with Crippen LogP contribution < -0.4 is 5.73 Å². The van der Waals surface area contributed by atoms with Gasteiger partial charge in [-0.1, -0.05) is 32.6 Å². The van der Waals surface area contributed by atoms with Crippen LogP contribution >= 0.6 is 15.9 Å². The zero-order chi connectivity index (χ0) is 13.8. The number of hydrogen-bond acceptors (Lipinski definition) is 3. The zero-order valence-corrected chi connectivity index (χ0v) is 13.2. The predicted molar refractivity (Wildman–Crippen MR) is 83.1 cm³/mol. The number of pyridine rings is 1. The van der Waals surface area contributed by atoms with Gasteiger partial charge in [0, 0.05) is 16.7 Å². The second-order valence-corrected chi connectivity index (χ2v) is 5.95. The van der Waals surface area contributed by atoms with Crippen LogP contribution in [0.3, 0.4) is 0 Å². The molecule has 0 spiro atoms. The maximum Gasteiger partial charge on any atom is 0.202 e. The summed E-state index contributed by atoms with van der Waals surface area (Å²) < 4.78 is 2.98. The van der Waals surface area contributed by atoms with Crippen molar-refractivity contribution < 1.29 is 0 Å². The average Bonchev–Trinajstić information content (AvgIpc) is 2.69. The minimum absolute atomic E-state index is 0.343. The molecule has 4 nitrogen and oxygen atoms in total. The number of fused-ring (bicyclic) bond motifs is 1. The molecule has 0 amide bonds. The van der Waals surface area contributed by atoms with Gasteiger partial charge in [-0.2, -0.15) is 0 Å². The van der Waals surface area contributed by atoms with Gasteiger partial charge in [0.2, 0.25) is 5.95 Å². The third kappa shape index (κ3) is 3.26. The van der Waals surface area contributed by atoms with E-state index in [9.17, 15) is 0 Å². The molecule has 2 aromatic rings. The van der Waals surface area contributed by atoms with Crippen molar-refractivity contribution in [2.45, 2.75) is 52.0 Å². The lowest BCUT2D eigenvalue weighted by molar-refractivity contribution is 0.484. The molecule has 2 N–H and O–H groups in total. The highest BCUT2D eigenvalue weighted by Gasteiger charge is 2.14. The Morgan fingerprint density at radius 3 is 2.89 bits per heavy atom. The number of nitrogen functional groups attached to an aromatic ring is 1. The number of nitrogens with two attached hydrogens (primary N) is 1. The highest BCUT2D eigenvalue weighted by Crippen LogP contribution is 2.26. The van der Waals surface area contributed by atoms with Crippen molar-refractivity contribution in [3.8, 4) is 0 Å². The van der Waals surface area contributed by atoms with Gasteiger partial charge in [0.1, 0.15) is 5.52 Å². The summed E-state index contributed by atoms with van der Waals surface area (Å²) in [4.78, 5) is 8.83. The van der Waals surface area contributed by atoms with Gasteiger partial charge >= 0.3 is 0 Å². The fourth-order valence-electron chi connectivity index (χ4n) is 2.41. The Kier molecular flexibility index (Phi) is 4.80. The van der Waals surface area contributed by atoms with Crippen molar-refractivity contribution in [1.29, 1.82) is 0 Å². The molecule has 0 saturated heterocycles. The van der Waals surface area contributed by atoms with E-state index in [2.05, 4.69) is 39.7 Å². The van der Waals surface area contributed by atoms with E-state index in [4.69, 9.17) is 5.73 Å². The maximum absolute atomic E-state index is 6.03. The Morgan fingerprint density at radius 1 is 1.37 bits per heavy atom. The second kappa shape index (κ2) is 6.37. The second-order valence-electron chi connectivity index (χ2n) is 5.03. The fraction of sp³-hybridized carbons (Fsp3) is 0.571. The van der Waals surface area contributed by atoms with Gasteiger partial charge in [-0.05, 0) is 35.3 Å². The van der Waals surface area contributed by atoms with Crippen LogP contribution in [0, 0.1) is 0 Å². The summed E-state index contributed by atoms with van der Waals surface area (Å²) in [7, 11) is 0. The van der Waals surface area contributed by atoms with Gasteiger partial charge in [-0.15, -0.1) is 0 Å². The van der Waals surface area contributed by atoms with E-state index in [-0.39, 0.29) is 0 Å². The molecule has 2 aromatic heterocycles.